The van der Waals surface area contributed by atoms with Crippen LogP contribution in [0.3, 0.4) is 0 Å². The summed E-state index contributed by atoms with van der Waals surface area (Å²) in [6.45, 7) is 2.19. The van der Waals surface area contributed by atoms with Crippen molar-refractivity contribution in [3.05, 3.63) is 0 Å². The van der Waals surface area contributed by atoms with Gasteiger partial charge >= 0.3 is 0 Å². The van der Waals surface area contributed by atoms with E-state index in [1.165, 1.54) is 7.11 Å². The third-order valence-corrected chi connectivity index (χ3v) is 2.90. The molecule has 0 unspecified atom stereocenters. The van der Waals surface area contributed by atoms with Crippen LogP contribution in [0.5, 0.6) is 0 Å². The number of hydrogen-bond acceptors (Lipinski definition) is 3. The zero-order valence-electron chi connectivity index (χ0n) is 8.38. The summed E-state index contributed by atoms with van der Waals surface area (Å²) in [5.41, 5.74) is -1.09. The van der Waals surface area contributed by atoms with Crippen LogP contribution in [0.25, 0.3) is 0 Å². The minimum atomic E-state index is -1.09. The van der Waals surface area contributed by atoms with Crippen LogP contribution >= 0.6 is 0 Å². The van der Waals surface area contributed by atoms with Gasteiger partial charge in [-0.15, -0.1) is 0 Å². The van der Waals surface area contributed by atoms with E-state index >= 15 is 0 Å². The zero-order valence-corrected chi connectivity index (χ0v) is 8.38. The van der Waals surface area contributed by atoms with Crippen molar-refractivity contribution in [2.24, 2.45) is 5.92 Å². The second kappa shape index (κ2) is 4.20. The van der Waals surface area contributed by atoms with Crippen LogP contribution in [0.15, 0.2) is 0 Å². The summed E-state index contributed by atoms with van der Waals surface area (Å²) < 4.78 is 4.74. The molecule has 0 aromatic carbocycles. The largest absolute Gasteiger partial charge is 0.382 e. The van der Waals surface area contributed by atoms with Gasteiger partial charge in [-0.2, -0.15) is 0 Å². The molecule has 13 heavy (non-hydrogen) atoms. The highest BCUT2D eigenvalue weighted by Crippen LogP contribution is 2.32. The van der Waals surface area contributed by atoms with Crippen molar-refractivity contribution < 1.29 is 14.6 Å². The summed E-state index contributed by atoms with van der Waals surface area (Å²) in [5, 5.41) is 9.96. The van der Waals surface area contributed by atoms with Crippen molar-refractivity contribution >= 4 is 5.78 Å². The molecule has 0 amide bonds. The maximum absolute atomic E-state index is 11.5. The van der Waals surface area contributed by atoms with Gasteiger partial charge in [0.1, 0.15) is 12.2 Å². The summed E-state index contributed by atoms with van der Waals surface area (Å²) in [4.78, 5) is 11.5. The lowest BCUT2D eigenvalue weighted by atomic mass is 9.77. The van der Waals surface area contributed by atoms with Crippen molar-refractivity contribution in [3.63, 3.8) is 0 Å². The van der Waals surface area contributed by atoms with E-state index < -0.39 is 5.60 Å². The number of rotatable bonds is 3. The van der Waals surface area contributed by atoms with Gasteiger partial charge in [-0.25, -0.2) is 0 Å². The second-order valence-corrected chi connectivity index (χ2v) is 4.07. The molecule has 0 bridgehead atoms. The van der Waals surface area contributed by atoms with E-state index in [0.717, 1.165) is 12.8 Å². The second-order valence-electron chi connectivity index (χ2n) is 4.07. The Hall–Kier alpha value is -0.410. The van der Waals surface area contributed by atoms with Gasteiger partial charge in [0, 0.05) is 7.11 Å². The molecule has 0 aromatic heterocycles. The molecule has 0 saturated heterocycles. The van der Waals surface area contributed by atoms with E-state index in [2.05, 4.69) is 6.92 Å². The van der Waals surface area contributed by atoms with Crippen LogP contribution in [-0.4, -0.2) is 30.2 Å². The van der Waals surface area contributed by atoms with Gasteiger partial charge in [-0.1, -0.05) is 6.92 Å². The van der Waals surface area contributed by atoms with Crippen LogP contribution in [0.1, 0.15) is 32.6 Å². The molecular formula is C10H18O3. The molecule has 0 radical (unpaired) electrons. The Morgan fingerprint density at radius 3 is 2.54 bits per heavy atom. The lowest BCUT2D eigenvalue weighted by Gasteiger charge is -2.33. The third-order valence-electron chi connectivity index (χ3n) is 2.90. The highest BCUT2D eigenvalue weighted by atomic mass is 16.5. The highest BCUT2D eigenvalue weighted by Gasteiger charge is 2.38. The van der Waals surface area contributed by atoms with Crippen molar-refractivity contribution in [1.29, 1.82) is 0 Å². The SMILES string of the molecule is COCC(=O)C1(O)CCC(C)CC1. The van der Waals surface area contributed by atoms with E-state index in [1.54, 1.807) is 0 Å². The number of carbonyl (C=O) groups is 1. The van der Waals surface area contributed by atoms with Crippen LogP contribution in [-0.2, 0) is 9.53 Å². The quantitative estimate of drug-likeness (QED) is 0.719. The molecule has 1 aliphatic carbocycles. The van der Waals surface area contributed by atoms with Gasteiger partial charge in [0.05, 0.1) is 0 Å². The Balaban J connectivity index is 2.51. The summed E-state index contributed by atoms with van der Waals surface area (Å²) in [5.74, 6) is 0.470. The van der Waals surface area contributed by atoms with E-state index in [1.807, 2.05) is 0 Å². The topological polar surface area (TPSA) is 46.5 Å². The number of Topliss-reactive ketones (excluding diaryl/α,β-unsaturated/α-hetero) is 1. The van der Waals surface area contributed by atoms with Crippen LogP contribution in [0.4, 0.5) is 0 Å². The molecule has 0 spiro atoms. The highest BCUT2D eigenvalue weighted by molar-refractivity contribution is 5.88. The number of aliphatic hydroxyl groups is 1. The monoisotopic (exact) mass is 186 g/mol. The lowest BCUT2D eigenvalue weighted by Crippen LogP contribution is -2.43. The zero-order chi connectivity index (χ0) is 9.90. The standard InChI is InChI=1S/C10H18O3/c1-8-3-5-10(12,6-4-8)9(11)7-13-2/h8,12H,3-7H2,1-2H3. The number of ketones is 1. The fourth-order valence-corrected chi connectivity index (χ4v) is 1.78. The van der Waals surface area contributed by atoms with E-state index in [0.29, 0.717) is 18.8 Å². The van der Waals surface area contributed by atoms with E-state index in [-0.39, 0.29) is 12.4 Å². The molecule has 1 saturated carbocycles. The molecule has 3 heteroatoms. The van der Waals surface area contributed by atoms with Gasteiger partial charge < -0.3 is 9.84 Å². The van der Waals surface area contributed by atoms with Gasteiger partial charge in [0.2, 0.25) is 0 Å². The Morgan fingerprint density at radius 2 is 2.08 bits per heavy atom. The molecule has 1 rings (SSSR count). The lowest BCUT2D eigenvalue weighted by molar-refractivity contribution is -0.145. The maximum Gasteiger partial charge on any atom is 0.189 e. The van der Waals surface area contributed by atoms with Crippen molar-refractivity contribution in [3.8, 4) is 0 Å². The number of methoxy groups -OCH3 is 1. The minimum absolute atomic E-state index is 0.0326. The normalized spacial score (nSPS) is 34.5. The van der Waals surface area contributed by atoms with Gasteiger partial charge in [-0.3, -0.25) is 4.79 Å². The smallest absolute Gasteiger partial charge is 0.189 e. The molecule has 76 valence electrons. The molecule has 1 N–H and O–H groups in total. The molecule has 0 aliphatic heterocycles. The molecule has 0 atom stereocenters. The first kappa shape index (κ1) is 10.7. The summed E-state index contributed by atoms with van der Waals surface area (Å²) in [6.07, 6.45) is 3.06. The van der Waals surface area contributed by atoms with Crippen molar-refractivity contribution in [2.75, 3.05) is 13.7 Å². The average Bonchev–Trinajstić information content (AvgIpc) is 2.11. The van der Waals surface area contributed by atoms with Gasteiger partial charge in [0.15, 0.2) is 5.78 Å². The number of ether oxygens (including phenoxy) is 1. The van der Waals surface area contributed by atoms with Crippen LogP contribution in [0, 0.1) is 5.92 Å². The van der Waals surface area contributed by atoms with Crippen LogP contribution in [0.2, 0.25) is 0 Å². The molecule has 1 aliphatic rings. The Morgan fingerprint density at radius 1 is 1.54 bits per heavy atom. The number of carbonyl (C=O) groups excluding carboxylic acids is 1. The van der Waals surface area contributed by atoms with E-state index in [9.17, 15) is 9.90 Å². The van der Waals surface area contributed by atoms with Gasteiger partial charge in [-0.05, 0) is 31.6 Å². The van der Waals surface area contributed by atoms with Crippen LogP contribution < -0.4 is 0 Å². The molecule has 0 heterocycles. The summed E-state index contributed by atoms with van der Waals surface area (Å²) >= 11 is 0. The predicted molar refractivity (Wildman–Crippen MR) is 49.5 cm³/mol. The third kappa shape index (κ3) is 2.51. The first-order valence-electron chi connectivity index (χ1n) is 4.83. The Kier molecular flexibility index (Phi) is 3.45. The molecule has 0 aromatic rings. The minimum Gasteiger partial charge on any atom is -0.382 e. The first-order valence-corrected chi connectivity index (χ1v) is 4.83. The van der Waals surface area contributed by atoms with Gasteiger partial charge in [0.25, 0.3) is 0 Å². The Labute approximate surface area is 79.1 Å². The average molecular weight is 186 g/mol. The first-order chi connectivity index (χ1) is 6.08. The fraction of sp³-hybridized carbons (Fsp3) is 0.900. The van der Waals surface area contributed by atoms with E-state index in [4.69, 9.17) is 4.74 Å². The predicted octanol–water partition coefficient (Wildman–Crippen LogP) is 1.14. The summed E-state index contributed by atoms with van der Waals surface area (Å²) in [6, 6.07) is 0. The molecular weight excluding hydrogens is 168 g/mol. The van der Waals surface area contributed by atoms with Crippen molar-refractivity contribution in [1.82, 2.24) is 0 Å². The fourth-order valence-electron chi connectivity index (χ4n) is 1.78. The summed E-state index contributed by atoms with van der Waals surface area (Å²) in [7, 11) is 1.48. The number of hydrogen-bond donors (Lipinski definition) is 1. The molecule has 1 fully saturated rings. The maximum atomic E-state index is 11.5. The van der Waals surface area contributed by atoms with Crippen molar-refractivity contribution in [2.45, 2.75) is 38.2 Å². The molecule has 3 nitrogen and oxygen atoms in total. The Bertz CT molecular complexity index is 181.